The number of rotatable bonds is 5. The van der Waals surface area contributed by atoms with Crippen molar-refractivity contribution < 1.29 is 19.4 Å². The van der Waals surface area contributed by atoms with Crippen molar-refractivity contribution >= 4 is 6.09 Å². The Morgan fingerprint density at radius 3 is 2.57 bits per heavy atom. The van der Waals surface area contributed by atoms with Crippen molar-refractivity contribution in [3.63, 3.8) is 0 Å². The molecule has 0 bridgehead atoms. The van der Waals surface area contributed by atoms with Crippen LogP contribution in [0.4, 0.5) is 4.79 Å². The molecule has 0 aliphatic carbocycles. The summed E-state index contributed by atoms with van der Waals surface area (Å²) in [5.41, 5.74) is -0.0363. The fourth-order valence-electron chi connectivity index (χ4n) is 2.48. The number of carbonyl (C=O) groups is 1. The second-order valence-electron chi connectivity index (χ2n) is 6.08. The number of alkyl carbamates (subject to hydrolysis) is 1. The fraction of sp³-hybridized carbons (Fsp3) is 0.562. The number of hydrogen-bond donors (Lipinski definition) is 2. The summed E-state index contributed by atoms with van der Waals surface area (Å²) in [4.78, 5) is 11.7. The van der Waals surface area contributed by atoms with Crippen LogP contribution >= 0.6 is 0 Å². The van der Waals surface area contributed by atoms with Crippen molar-refractivity contribution in [2.45, 2.75) is 44.4 Å². The maximum Gasteiger partial charge on any atom is 0.407 e. The Morgan fingerprint density at radius 1 is 1.29 bits per heavy atom. The number of ether oxygens (including phenoxy) is 2. The third kappa shape index (κ3) is 4.44. The van der Waals surface area contributed by atoms with E-state index in [1.54, 1.807) is 0 Å². The van der Waals surface area contributed by atoms with Crippen LogP contribution in [0.3, 0.4) is 0 Å². The van der Waals surface area contributed by atoms with Gasteiger partial charge in [0.1, 0.15) is 12.2 Å². The highest BCUT2D eigenvalue weighted by Crippen LogP contribution is 2.37. The minimum absolute atomic E-state index is 0.0250. The number of benzene rings is 1. The van der Waals surface area contributed by atoms with E-state index in [0.29, 0.717) is 6.54 Å². The molecule has 0 spiro atoms. The lowest BCUT2D eigenvalue weighted by molar-refractivity contribution is -0.125. The van der Waals surface area contributed by atoms with Gasteiger partial charge in [-0.2, -0.15) is 0 Å². The van der Waals surface area contributed by atoms with Gasteiger partial charge in [0.25, 0.3) is 0 Å². The average Bonchev–Trinajstić information content (AvgIpc) is 2.81. The number of aliphatic hydroxyl groups is 1. The monoisotopic (exact) mass is 293 g/mol. The molecule has 2 unspecified atom stereocenters. The molecular weight excluding hydrogens is 270 g/mol. The Kier molecular flexibility index (Phi) is 4.85. The number of carbonyl (C=O) groups excluding carboxylic acids is 1. The van der Waals surface area contributed by atoms with Crippen LogP contribution < -0.4 is 5.32 Å². The molecule has 1 aliphatic heterocycles. The van der Waals surface area contributed by atoms with E-state index in [9.17, 15) is 9.90 Å². The Morgan fingerprint density at radius 2 is 1.95 bits per heavy atom. The molecule has 2 N–H and O–H groups in total. The van der Waals surface area contributed by atoms with Gasteiger partial charge in [0, 0.05) is 6.54 Å². The van der Waals surface area contributed by atoms with Crippen LogP contribution in [0.25, 0.3) is 0 Å². The second-order valence-corrected chi connectivity index (χ2v) is 6.08. The molecule has 5 heteroatoms. The fourth-order valence-corrected chi connectivity index (χ4v) is 2.48. The van der Waals surface area contributed by atoms with Crippen LogP contribution in [-0.2, 0) is 16.0 Å². The summed E-state index contributed by atoms with van der Waals surface area (Å²) in [5.74, 6) is 0. The summed E-state index contributed by atoms with van der Waals surface area (Å²) in [6.07, 6.45) is 1.06. The molecule has 116 valence electrons. The normalized spacial score (nSPS) is 28.3. The van der Waals surface area contributed by atoms with Crippen molar-refractivity contribution in [3.8, 4) is 0 Å². The van der Waals surface area contributed by atoms with Gasteiger partial charge in [-0.3, -0.25) is 0 Å². The highest BCUT2D eigenvalue weighted by atomic mass is 16.6. The zero-order valence-electron chi connectivity index (χ0n) is 12.6. The lowest BCUT2D eigenvalue weighted by atomic mass is 9.99. The van der Waals surface area contributed by atoms with E-state index in [4.69, 9.17) is 9.47 Å². The standard InChI is InChI=1S/C16H23NO4/c1-15(11-18)8-9-16(2,21-15)12-20-14(19)17-10-13-6-4-3-5-7-13/h3-7,18H,8-12H2,1-2H3,(H,17,19). The molecule has 0 radical (unpaired) electrons. The summed E-state index contributed by atoms with van der Waals surface area (Å²) in [7, 11) is 0. The van der Waals surface area contributed by atoms with Crippen molar-refractivity contribution in [2.75, 3.05) is 13.2 Å². The Hall–Kier alpha value is -1.59. The van der Waals surface area contributed by atoms with Gasteiger partial charge in [-0.15, -0.1) is 0 Å². The number of nitrogens with one attached hydrogen (secondary N) is 1. The van der Waals surface area contributed by atoms with Crippen LogP contribution in [0.1, 0.15) is 32.3 Å². The predicted molar refractivity (Wildman–Crippen MR) is 78.8 cm³/mol. The third-order valence-electron chi connectivity index (χ3n) is 3.80. The number of amides is 1. The predicted octanol–water partition coefficient (Wildman–Crippen LogP) is 2.23. The summed E-state index contributed by atoms with van der Waals surface area (Å²) < 4.78 is 11.1. The topological polar surface area (TPSA) is 67.8 Å². The zero-order valence-corrected chi connectivity index (χ0v) is 12.6. The quantitative estimate of drug-likeness (QED) is 0.873. The van der Waals surface area contributed by atoms with Crippen LogP contribution in [0.2, 0.25) is 0 Å². The van der Waals surface area contributed by atoms with Gasteiger partial charge in [0.2, 0.25) is 0 Å². The van der Waals surface area contributed by atoms with E-state index in [1.807, 2.05) is 44.2 Å². The molecule has 5 nitrogen and oxygen atoms in total. The van der Waals surface area contributed by atoms with Crippen molar-refractivity contribution in [1.82, 2.24) is 5.32 Å². The van der Waals surface area contributed by atoms with Crippen LogP contribution in [0.5, 0.6) is 0 Å². The molecule has 1 amide bonds. The number of hydrogen-bond acceptors (Lipinski definition) is 4. The van der Waals surface area contributed by atoms with Gasteiger partial charge in [0.05, 0.1) is 12.2 Å². The molecule has 2 rings (SSSR count). The molecule has 1 fully saturated rings. The van der Waals surface area contributed by atoms with E-state index in [2.05, 4.69) is 5.32 Å². The van der Waals surface area contributed by atoms with E-state index in [1.165, 1.54) is 0 Å². The highest BCUT2D eigenvalue weighted by Gasteiger charge is 2.44. The Balaban J connectivity index is 1.74. The minimum Gasteiger partial charge on any atom is -0.446 e. The summed E-state index contributed by atoms with van der Waals surface area (Å²) in [5, 5.41) is 12.0. The molecule has 0 saturated carbocycles. The highest BCUT2D eigenvalue weighted by molar-refractivity contribution is 5.67. The third-order valence-corrected chi connectivity index (χ3v) is 3.80. The first kappa shape index (κ1) is 15.8. The van der Waals surface area contributed by atoms with Crippen molar-refractivity contribution in [1.29, 1.82) is 0 Å². The molecule has 1 aliphatic rings. The Labute approximate surface area is 125 Å². The maximum atomic E-state index is 11.7. The van der Waals surface area contributed by atoms with Gasteiger partial charge < -0.3 is 19.9 Å². The van der Waals surface area contributed by atoms with Gasteiger partial charge in [-0.1, -0.05) is 30.3 Å². The molecule has 1 saturated heterocycles. The van der Waals surface area contributed by atoms with Crippen LogP contribution in [0.15, 0.2) is 30.3 Å². The first-order valence-electron chi connectivity index (χ1n) is 7.20. The van der Waals surface area contributed by atoms with Gasteiger partial charge >= 0.3 is 6.09 Å². The average molecular weight is 293 g/mol. The van der Waals surface area contributed by atoms with Gasteiger partial charge in [-0.25, -0.2) is 4.79 Å². The SMILES string of the molecule is CC1(CO)CCC(C)(COC(=O)NCc2ccccc2)O1. The van der Waals surface area contributed by atoms with Crippen molar-refractivity contribution in [2.24, 2.45) is 0 Å². The lowest BCUT2D eigenvalue weighted by Crippen LogP contribution is -2.39. The van der Waals surface area contributed by atoms with Crippen LogP contribution in [0, 0.1) is 0 Å². The van der Waals surface area contributed by atoms with E-state index in [-0.39, 0.29) is 13.2 Å². The molecule has 1 aromatic rings. The zero-order chi connectivity index (χ0) is 15.3. The molecule has 0 aromatic heterocycles. The summed E-state index contributed by atoms with van der Waals surface area (Å²) in [6, 6.07) is 9.65. The van der Waals surface area contributed by atoms with E-state index < -0.39 is 17.3 Å². The minimum atomic E-state index is -0.529. The number of aliphatic hydroxyl groups excluding tert-OH is 1. The van der Waals surface area contributed by atoms with E-state index >= 15 is 0 Å². The smallest absolute Gasteiger partial charge is 0.407 e. The van der Waals surface area contributed by atoms with Gasteiger partial charge in [-0.05, 0) is 32.3 Å². The summed E-state index contributed by atoms with van der Waals surface area (Å²) in [6.45, 7) is 4.36. The van der Waals surface area contributed by atoms with Crippen LogP contribution in [-0.4, -0.2) is 35.6 Å². The molecule has 1 heterocycles. The Bertz CT molecular complexity index is 478. The molecule has 1 aromatic carbocycles. The first-order chi connectivity index (χ1) is 9.95. The van der Waals surface area contributed by atoms with Crippen molar-refractivity contribution in [3.05, 3.63) is 35.9 Å². The molecular formula is C16H23NO4. The first-order valence-corrected chi connectivity index (χ1v) is 7.20. The maximum absolute atomic E-state index is 11.7. The summed E-state index contributed by atoms with van der Waals surface area (Å²) >= 11 is 0. The molecule has 2 atom stereocenters. The molecule has 21 heavy (non-hydrogen) atoms. The lowest BCUT2D eigenvalue weighted by Gasteiger charge is -2.28. The largest absolute Gasteiger partial charge is 0.446 e. The van der Waals surface area contributed by atoms with Gasteiger partial charge in [0.15, 0.2) is 0 Å². The second kappa shape index (κ2) is 6.45. The van der Waals surface area contributed by atoms with E-state index in [0.717, 1.165) is 18.4 Å².